The maximum atomic E-state index is 12.7. The first-order valence-corrected chi connectivity index (χ1v) is 8.08. The summed E-state index contributed by atoms with van der Waals surface area (Å²) in [5.74, 6) is 4.95. The summed E-state index contributed by atoms with van der Waals surface area (Å²) in [5, 5.41) is 7.37. The molecule has 2 rings (SSSR count). The Hall–Kier alpha value is -3.46. The van der Waals surface area contributed by atoms with Gasteiger partial charge in [0.1, 0.15) is 0 Å². The number of nitrogens with two attached hydrogens (primary N) is 1. The van der Waals surface area contributed by atoms with E-state index in [-0.39, 0.29) is 11.6 Å². The van der Waals surface area contributed by atoms with Gasteiger partial charge in [0.25, 0.3) is 0 Å². The third-order valence-corrected chi connectivity index (χ3v) is 3.48. The van der Waals surface area contributed by atoms with Gasteiger partial charge in [-0.15, -0.1) is 0 Å². The first-order chi connectivity index (χ1) is 13.3. The zero-order chi connectivity index (χ0) is 20.6. The number of carbonyl (C=O) groups is 1. The molecule has 6 nitrogen and oxygen atoms in total. The average Bonchev–Trinajstić information content (AvgIpc) is 2.65. The van der Waals surface area contributed by atoms with Crippen molar-refractivity contribution in [3.05, 3.63) is 90.1 Å². The van der Waals surface area contributed by atoms with Gasteiger partial charge >= 0.3 is 12.2 Å². The highest BCUT2D eigenvalue weighted by Gasteiger charge is 2.30. The van der Waals surface area contributed by atoms with E-state index in [4.69, 9.17) is 5.90 Å². The van der Waals surface area contributed by atoms with Gasteiger partial charge in [-0.1, -0.05) is 43.0 Å². The van der Waals surface area contributed by atoms with Crippen LogP contribution in [-0.4, -0.2) is 6.03 Å². The molecule has 2 aromatic carbocycles. The Morgan fingerprint density at radius 3 is 2.50 bits per heavy atom. The van der Waals surface area contributed by atoms with E-state index in [0.29, 0.717) is 12.1 Å². The number of carbonyl (C=O) groups excluding carboxylic acids is 1. The molecule has 0 bridgehead atoms. The van der Waals surface area contributed by atoms with Crippen molar-refractivity contribution in [3.8, 4) is 0 Å². The minimum absolute atomic E-state index is 0.0369. The summed E-state index contributed by atoms with van der Waals surface area (Å²) in [6.07, 6.45) is -2.70. The van der Waals surface area contributed by atoms with Crippen molar-refractivity contribution in [2.75, 3.05) is 5.32 Å². The Bertz CT molecular complexity index is 852. The molecule has 2 aromatic rings. The molecule has 148 valence electrons. The van der Waals surface area contributed by atoms with Crippen LogP contribution >= 0.6 is 0 Å². The van der Waals surface area contributed by atoms with E-state index >= 15 is 0 Å². The van der Waals surface area contributed by atoms with Crippen LogP contribution in [-0.2, 0) is 17.4 Å². The largest absolute Gasteiger partial charge is 0.416 e. The fraction of sp³-hybridized carbons (Fsp3) is 0.105. The number of rotatable bonds is 7. The van der Waals surface area contributed by atoms with Crippen LogP contribution in [0.5, 0.6) is 0 Å². The van der Waals surface area contributed by atoms with Crippen LogP contribution in [0.2, 0.25) is 0 Å². The maximum Gasteiger partial charge on any atom is 0.416 e. The lowest BCUT2D eigenvalue weighted by Crippen LogP contribution is -2.31. The number of alkyl halides is 3. The summed E-state index contributed by atoms with van der Waals surface area (Å²) in [4.78, 5) is 16.5. The van der Waals surface area contributed by atoms with E-state index in [0.717, 1.165) is 17.7 Å². The van der Waals surface area contributed by atoms with Gasteiger partial charge in [-0.25, -0.2) is 4.79 Å². The fourth-order valence-corrected chi connectivity index (χ4v) is 2.21. The molecule has 28 heavy (non-hydrogen) atoms. The van der Waals surface area contributed by atoms with Gasteiger partial charge in [0.15, 0.2) is 0 Å². The van der Waals surface area contributed by atoms with E-state index in [1.807, 2.05) is 30.3 Å². The number of anilines is 1. The van der Waals surface area contributed by atoms with Crippen LogP contribution in [0.4, 0.5) is 23.7 Å². The summed E-state index contributed by atoms with van der Waals surface area (Å²) in [7, 11) is 0. The topological polar surface area (TPSA) is 88.4 Å². The second-order valence-electron chi connectivity index (χ2n) is 5.69. The van der Waals surface area contributed by atoms with E-state index in [9.17, 15) is 18.0 Å². The molecule has 9 heteroatoms. The maximum absolute atomic E-state index is 12.7. The highest BCUT2D eigenvalue weighted by atomic mass is 19.4. The predicted molar refractivity (Wildman–Crippen MR) is 99.4 cm³/mol. The summed E-state index contributed by atoms with van der Waals surface area (Å²) in [5.41, 5.74) is 0.722. The van der Waals surface area contributed by atoms with E-state index in [1.54, 1.807) is 0 Å². The van der Waals surface area contributed by atoms with Gasteiger partial charge in [0.2, 0.25) is 5.88 Å². The third-order valence-electron chi connectivity index (χ3n) is 3.48. The number of hydrogen-bond acceptors (Lipinski definition) is 4. The van der Waals surface area contributed by atoms with Crippen molar-refractivity contribution in [2.24, 2.45) is 5.90 Å². The Morgan fingerprint density at radius 1 is 1.14 bits per heavy atom. The van der Waals surface area contributed by atoms with Crippen LogP contribution in [0.3, 0.4) is 0 Å². The SMILES string of the molecule is C=C(Cc1ccccc1)N/C=C(/NC(=O)Nc1cccc(C(F)(F)F)c1)ON. The van der Waals surface area contributed by atoms with Crippen LogP contribution < -0.4 is 21.8 Å². The molecule has 0 fully saturated rings. The summed E-state index contributed by atoms with van der Waals surface area (Å²) >= 11 is 0. The van der Waals surface area contributed by atoms with Gasteiger partial charge in [-0.2, -0.15) is 19.1 Å². The first-order valence-electron chi connectivity index (χ1n) is 8.08. The van der Waals surface area contributed by atoms with Crippen molar-refractivity contribution >= 4 is 11.7 Å². The lowest BCUT2D eigenvalue weighted by molar-refractivity contribution is -0.137. The number of hydrogen-bond donors (Lipinski definition) is 4. The molecule has 0 radical (unpaired) electrons. The van der Waals surface area contributed by atoms with Crippen molar-refractivity contribution < 1.29 is 22.8 Å². The number of urea groups is 1. The normalized spacial score (nSPS) is 11.5. The zero-order valence-electron chi connectivity index (χ0n) is 14.7. The summed E-state index contributed by atoms with van der Waals surface area (Å²) < 4.78 is 38.1. The number of halogens is 3. The molecule has 0 unspecified atom stereocenters. The summed E-state index contributed by atoms with van der Waals surface area (Å²) in [6, 6.07) is 12.9. The third kappa shape index (κ3) is 6.69. The molecule has 2 amide bonds. The van der Waals surface area contributed by atoms with Crippen LogP contribution in [0.1, 0.15) is 11.1 Å². The molecule has 0 saturated heterocycles. The second kappa shape index (κ2) is 9.47. The summed E-state index contributed by atoms with van der Waals surface area (Å²) in [6.45, 7) is 3.85. The smallest absolute Gasteiger partial charge is 0.391 e. The first kappa shape index (κ1) is 20.8. The number of benzene rings is 2. The lowest BCUT2D eigenvalue weighted by Gasteiger charge is -2.12. The van der Waals surface area contributed by atoms with E-state index in [1.165, 1.54) is 18.3 Å². The number of amides is 2. The second-order valence-corrected chi connectivity index (χ2v) is 5.69. The Morgan fingerprint density at radius 2 is 1.86 bits per heavy atom. The molecule has 0 aromatic heterocycles. The molecule has 0 atom stereocenters. The van der Waals surface area contributed by atoms with Gasteiger partial charge in [-0.3, -0.25) is 5.32 Å². The van der Waals surface area contributed by atoms with E-state index in [2.05, 4.69) is 27.4 Å². The molecule has 0 aliphatic heterocycles. The Balaban J connectivity index is 1.92. The minimum Gasteiger partial charge on any atom is -0.391 e. The Labute approximate surface area is 159 Å². The van der Waals surface area contributed by atoms with Crippen molar-refractivity contribution in [1.82, 2.24) is 10.6 Å². The van der Waals surface area contributed by atoms with Crippen molar-refractivity contribution in [3.63, 3.8) is 0 Å². The van der Waals surface area contributed by atoms with Crippen LogP contribution in [0.15, 0.2) is 79.0 Å². The molecule has 0 spiro atoms. The minimum atomic E-state index is -4.51. The van der Waals surface area contributed by atoms with Crippen LogP contribution in [0, 0.1) is 0 Å². The quantitative estimate of drug-likeness (QED) is 0.426. The molecule has 5 N–H and O–H groups in total. The van der Waals surface area contributed by atoms with Crippen molar-refractivity contribution in [1.29, 1.82) is 0 Å². The molecular formula is C19H19F3N4O2. The molecular weight excluding hydrogens is 373 g/mol. The average molecular weight is 392 g/mol. The molecule has 0 saturated carbocycles. The lowest BCUT2D eigenvalue weighted by atomic mass is 10.1. The zero-order valence-corrected chi connectivity index (χ0v) is 14.7. The van der Waals surface area contributed by atoms with Crippen LogP contribution in [0.25, 0.3) is 0 Å². The van der Waals surface area contributed by atoms with Gasteiger partial charge in [-0.05, 0) is 23.8 Å². The predicted octanol–water partition coefficient (Wildman–Crippen LogP) is 3.86. The highest BCUT2D eigenvalue weighted by Crippen LogP contribution is 2.30. The standard InChI is InChI=1S/C19H19F3N4O2/c1-13(10-14-6-3-2-4-7-14)24-12-17(28-23)26-18(27)25-16-9-5-8-15(11-16)19(20,21)22/h2-9,11-12,24H,1,10,23H2,(H2,25,26,27)/b17-12-. The Kier molecular flexibility index (Phi) is 7.05. The van der Waals surface area contributed by atoms with Gasteiger partial charge < -0.3 is 15.5 Å². The number of allylic oxidation sites excluding steroid dienone is 1. The number of nitrogens with one attached hydrogen (secondary N) is 3. The monoisotopic (exact) mass is 392 g/mol. The molecule has 0 heterocycles. The molecule has 0 aliphatic carbocycles. The van der Waals surface area contributed by atoms with Crippen molar-refractivity contribution in [2.45, 2.75) is 12.6 Å². The van der Waals surface area contributed by atoms with Gasteiger partial charge in [0, 0.05) is 17.8 Å². The molecule has 0 aliphatic rings. The van der Waals surface area contributed by atoms with E-state index < -0.39 is 17.8 Å². The highest BCUT2D eigenvalue weighted by molar-refractivity contribution is 5.90. The fourth-order valence-electron chi connectivity index (χ4n) is 2.21. The van der Waals surface area contributed by atoms with Gasteiger partial charge in [0.05, 0.1) is 11.8 Å².